The number of rotatable bonds is 5. The zero-order valence-corrected chi connectivity index (χ0v) is 14.4. The van der Waals surface area contributed by atoms with Crippen molar-refractivity contribution in [3.8, 4) is 0 Å². The van der Waals surface area contributed by atoms with E-state index < -0.39 is 0 Å². The Labute approximate surface area is 128 Å². The Bertz CT molecular complexity index is 405. The third kappa shape index (κ3) is 4.87. The van der Waals surface area contributed by atoms with Crippen LogP contribution in [0.1, 0.15) is 56.7 Å². The minimum absolute atomic E-state index is 0.224. The van der Waals surface area contributed by atoms with E-state index in [1.807, 2.05) is 11.3 Å². The Morgan fingerprint density at radius 2 is 2.00 bits per heavy atom. The second-order valence-electron chi connectivity index (χ2n) is 6.97. The van der Waals surface area contributed by atoms with Gasteiger partial charge in [-0.1, -0.05) is 13.3 Å². The Morgan fingerprint density at radius 1 is 1.25 bits per heavy atom. The lowest BCUT2D eigenvalue weighted by Crippen LogP contribution is -2.49. The molecular weight excluding hydrogens is 264 g/mol. The Balaban J connectivity index is 1.92. The van der Waals surface area contributed by atoms with Crippen molar-refractivity contribution in [3.63, 3.8) is 0 Å². The van der Waals surface area contributed by atoms with Crippen LogP contribution >= 0.6 is 11.3 Å². The highest BCUT2D eigenvalue weighted by atomic mass is 32.1. The van der Waals surface area contributed by atoms with Crippen LogP contribution in [0.25, 0.3) is 0 Å². The molecule has 2 nitrogen and oxygen atoms in total. The van der Waals surface area contributed by atoms with Crippen LogP contribution in [0, 0.1) is 0 Å². The average molecular weight is 295 g/mol. The fourth-order valence-electron chi connectivity index (χ4n) is 2.82. The Kier molecular flexibility index (Phi) is 5.65. The van der Waals surface area contributed by atoms with Crippen molar-refractivity contribution in [1.82, 2.24) is 10.2 Å². The standard InChI is InChI=1S/C17H30N2S/c1-5-15-9-10-16(20-15)13-19-11-7-6-8-14(19)12-18-17(2,3)4/h9-10,14,18H,5-8,11-13H2,1-4H3. The first-order valence-corrected chi connectivity index (χ1v) is 8.86. The highest BCUT2D eigenvalue weighted by molar-refractivity contribution is 7.11. The van der Waals surface area contributed by atoms with Gasteiger partial charge in [-0.3, -0.25) is 4.90 Å². The maximum absolute atomic E-state index is 3.69. The number of hydrogen-bond acceptors (Lipinski definition) is 3. The second-order valence-corrected chi connectivity index (χ2v) is 8.23. The summed E-state index contributed by atoms with van der Waals surface area (Å²) >= 11 is 1.99. The molecule has 2 rings (SSSR count). The van der Waals surface area contributed by atoms with Gasteiger partial charge in [-0.25, -0.2) is 0 Å². The van der Waals surface area contributed by atoms with Crippen LogP contribution in [0.4, 0.5) is 0 Å². The average Bonchev–Trinajstić information content (AvgIpc) is 2.84. The minimum Gasteiger partial charge on any atom is -0.311 e. The summed E-state index contributed by atoms with van der Waals surface area (Å²) < 4.78 is 0. The van der Waals surface area contributed by atoms with Gasteiger partial charge >= 0.3 is 0 Å². The van der Waals surface area contributed by atoms with E-state index in [4.69, 9.17) is 0 Å². The molecule has 20 heavy (non-hydrogen) atoms. The number of aryl methyl sites for hydroxylation is 1. The Hall–Kier alpha value is -0.380. The van der Waals surface area contributed by atoms with E-state index in [1.165, 1.54) is 42.0 Å². The third-order valence-corrected chi connectivity index (χ3v) is 5.26. The molecular formula is C17H30N2S. The predicted molar refractivity (Wildman–Crippen MR) is 89.5 cm³/mol. The van der Waals surface area contributed by atoms with E-state index >= 15 is 0 Å². The molecule has 1 aromatic rings. The quantitative estimate of drug-likeness (QED) is 0.881. The molecule has 0 spiro atoms. The zero-order valence-electron chi connectivity index (χ0n) is 13.5. The first kappa shape index (κ1) is 16.0. The molecule has 1 fully saturated rings. The summed E-state index contributed by atoms with van der Waals surface area (Å²) in [4.78, 5) is 5.74. The lowest BCUT2D eigenvalue weighted by Gasteiger charge is -2.37. The zero-order chi connectivity index (χ0) is 14.6. The Morgan fingerprint density at radius 3 is 2.65 bits per heavy atom. The summed E-state index contributed by atoms with van der Waals surface area (Å²) in [6.45, 7) is 12.5. The lowest BCUT2D eigenvalue weighted by molar-refractivity contribution is 0.132. The van der Waals surface area contributed by atoms with E-state index in [0.29, 0.717) is 6.04 Å². The van der Waals surface area contributed by atoms with Gasteiger partial charge < -0.3 is 5.32 Å². The third-order valence-electron chi connectivity index (χ3n) is 4.04. The largest absolute Gasteiger partial charge is 0.311 e. The smallest absolute Gasteiger partial charge is 0.0331 e. The van der Waals surface area contributed by atoms with Crippen molar-refractivity contribution < 1.29 is 0 Å². The summed E-state index contributed by atoms with van der Waals surface area (Å²) in [5.41, 5.74) is 0.224. The van der Waals surface area contributed by atoms with Gasteiger partial charge in [0.15, 0.2) is 0 Å². The molecule has 1 aliphatic rings. The van der Waals surface area contributed by atoms with E-state index in [9.17, 15) is 0 Å². The highest BCUT2D eigenvalue weighted by Crippen LogP contribution is 2.24. The van der Waals surface area contributed by atoms with Crippen LogP contribution < -0.4 is 5.32 Å². The van der Waals surface area contributed by atoms with Crippen LogP contribution in [-0.2, 0) is 13.0 Å². The van der Waals surface area contributed by atoms with Crippen molar-refractivity contribution in [2.45, 2.75) is 71.5 Å². The fraction of sp³-hybridized carbons (Fsp3) is 0.765. The van der Waals surface area contributed by atoms with Crippen LogP contribution in [0.2, 0.25) is 0 Å². The van der Waals surface area contributed by atoms with E-state index in [1.54, 1.807) is 0 Å². The fourth-order valence-corrected chi connectivity index (χ4v) is 3.80. The molecule has 1 unspecified atom stereocenters. The van der Waals surface area contributed by atoms with Crippen LogP contribution in [0.3, 0.4) is 0 Å². The summed E-state index contributed by atoms with van der Waals surface area (Å²) in [5, 5.41) is 3.69. The van der Waals surface area contributed by atoms with Crippen LogP contribution in [0.5, 0.6) is 0 Å². The minimum atomic E-state index is 0.224. The molecule has 1 aromatic heterocycles. The van der Waals surface area contributed by atoms with Gasteiger partial charge in [-0.15, -0.1) is 11.3 Å². The molecule has 114 valence electrons. The summed E-state index contributed by atoms with van der Waals surface area (Å²) in [6, 6.07) is 5.33. The number of nitrogens with one attached hydrogen (secondary N) is 1. The molecule has 1 N–H and O–H groups in total. The molecule has 3 heteroatoms. The lowest BCUT2D eigenvalue weighted by atomic mass is 10.0. The van der Waals surface area contributed by atoms with Gasteiger partial charge in [0.1, 0.15) is 0 Å². The molecule has 0 radical (unpaired) electrons. The van der Waals surface area contributed by atoms with Gasteiger partial charge in [0, 0.05) is 34.4 Å². The number of piperidine rings is 1. The molecule has 1 aliphatic heterocycles. The molecule has 2 heterocycles. The number of thiophene rings is 1. The van der Waals surface area contributed by atoms with Crippen molar-refractivity contribution in [1.29, 1.82) is 0 Å². The van der Waals surface area contributed by atoms with Crippen LogP contribution in [0.15, 0.2) is 12.1 Å². The predicted octanol–water partition coefficient (Wildman–Crippen LogP) is 4.05. The van der Waals surface area contributed by atoms with E-state index in [0.717, 1.165) is 13.1 Å². The maximum atomic E-state index is 3.69. The van der Waals surface area contributed by atoms with E-state index in [2.05, 4.69) is 50.0 Å². The van der Waals surface area contributed by atoms with Gasteiger partial charge in [0.05, 0.1) is 0 Å². The van der Waals surface area contributed by atoms with Gasteiger partial charge in [0.2, 0.25) is 0 Å². The normalized spacial score (nSPS) is 21.3. The monoisotopic (exact) mass is 294 g/mol. The molecule has 0 saturated carbocycles. The van der Waals surface area contributed by atoms with E-state index in [-0.39, 0.29) is 5.54 Å². The number of likely N-dealkylation sites (tertiary alicyclic amines) is 1. The molecule has 0 bridgehead atoms. The van der Waals surface area contributed by atoms with Crippen molar-refractivity contribution >= 4 is 11.3 Å². The topological polar surface area (TPSA) is 15.3 Å². The highest BCUT2D eigenvalue weighted by Gasteiger charge is 2.24. The van der Waals surface area contributed by atoms with Gasteiger partial charge in [-0.05, 0) is 58.7 Å². The molecule has 1 saturated heterocycles. The molecule has 0 amide bonds. The summed E-state index contributed by atoms with van der Waals surface area (Å²) in [7, 11) is 0. The maximum Gasteiger partial charge on any atom is 0.0331 e. The molecule has 0 aromatic carbocycles. The van der Waals surface area contributed by atoms with Crippen molar-refractivity contribution in [2.24, 2.45) is 0 Å². The van der Waals surface area contributed by atoms with Crippen molar-refractivity contribution in [2.75, 3.05) is 13.1 Å². The summed E-state index contributed by atoms with van der Waals surface area (Å²) in [5.74, 6) is 0. The SMILES string of the molecule is CCc1ccc(CN2CCCCC2CNC(C)(C)C)s1. The molecule has 1 atom stereocenters. The van der Waals surface area contributed by atoms with Crippen molar-refractivity contribution in [3.05, 3.63) is 21.9 Å². The number of nitrogens with zero attached hydrogens (tertiary/aromatic N) is 1. The first-order valence-electron chi connectivity index (χ1n) is 8.04. The van der Waals surface area contributed by atoms with Gasteiger partial charge in [0.25, 0.3) is 0 Å². The van der Waals surface area contributed by atoms with Crippen LogP contribution in [-0.4, -0.2) is 29.6 Å². The number of hydrogen-bond donors (Lipinski definition) is 1. The first-order chi connectivity index (χ1) is 9.48. The second kappa shape index (κ2) is 7.06. The molecule has 0 aliphatic carbocycles. The van der Waals surface area contributed by atoms with Gasteiger partial charge in [-0.2, -0.15) is 0 Å². The summed E-state index contributed by atoms with van der Waals surface area (Å²) in [6.07, 6.45) is 5.25.